The third-order valence-electron chi connectivity index (χ3n) is 5.60. The van der Waals surface area contributed by atoms with Gasteiger partial charge in [-0.2, -0.15) is 13.2 Å². The summed E-state index contributed by atoms with van der Waals surface area (Å²) in [6, 6.07) is 12.4. The fourth-order valence-electron chi connectivity index (χ4n) is 3.59. The van der Waals surface area contributed by atoms with Gasteiger partial charge in [-0.3, -0.25) is 14.6 Å². The maximum Gasteiger partial charge on any atom is 0.417 e. The van der Waals surface area contributed by atoms with Crippen LogP contribution in [0.1, 0.15) is 27.2 Å². The molecular formula is C25H19F3N4O3S. The van der Waals surface area contributed by atoms with E-state index in [1.807, 2.05) is 0 Å². The minimum atomic E-state index is -4.49. The molecule has 3 aromatic heterocycles. The maximum atomic E-state index is 12.6. The zero-order valence-electron chi connectivity index (χ0n) is 18.7. The standard InChI is InChI=1S/C25H19F3N4O3S/c26-25(27,28)16-4-7-21(30-14-16)31-22(33)12-15-2-5-17(6-3-15)35-19-8-9-29-18-13-20(36-23(18)19)24(34)32-10-1-11-32/h2-9,13-14H,1,10-12H2,(H,30,31,33). The smallest absolute Gasteiger partial charge is 0.417 e. The van der Waals surface area contributed by atoms with Crippen LogP contribution in [0.2, 0.25) is 0 Å². The summed E-state index contributed by atoms with van der Waals surface area (Å²) in [6.07, 6.45) is -1.16. The number of likely N-dealkylation sites (tertiary alicyclic amines) is 1. The van der Waals surface area contributed by atoms with Crippen molar-refractivity contribution in [3.63, 3.8) is 0 Å². The van der Waals surface area contributed by atoms with Crippen LogP contribution in [-0.4, -0.2) is 39.8 Å². The number of nitrogens with one attached hydrogen (secondary N) is 1. The summed E-state index contributed by atoms with van der Waals surface area (Å²) in [5.41, 5.74) is 0.487. The van der Waals surface area contributed by atoms with E-state index in [2.05, 4.69) is 15.3 Å². The molecule has 1 saturated heterocycles. The number of pyridine rings is 2. The number of carbonyl (C=O) groups excluding carboxylic acids is 2. The zero-order valence-corrected chi connectivity index (χ0v) is 19.5. The van der Waals surface area contributed by atoms with E-state index in [1.54, 1.807) is 47.5 Å². The fourth-order valence-corrected chi connectivity index (χ4v) is 4.62. The van der Waals surface area contributed by atoms with E-state index in [1.165, 1.54) is 11.3 Å². The molecule has 1 aliphatic rings. The van der Waals surface area contributed by atoms with Gasteiger partial charge in [-0.05, 0) is 42.3 Å². The molecule has 0 saturated carbocycles. The van der Waals surface area contributed by atoms with Crippen LogP contribution in [0, 0.1) is 0 Å². The molecule has 5 rings (SSSR count). The van der Waals surface area contributed by atoms with Crippen LogP contribution >= 0.6 is 11.3 Å². The van der Waals surface area contributed by atoms with Crippen molar-refractivity contribution in [1.29, 1.82) is 0 Å². The van der Waals surface area contributed by atoms with Crippen LogP contribution in [0.5, 0.6) is 11.5 Å². The number of fused-ring (bicyclic) bond motifs is 1. The number of benzene rings is 1. The maximum absolute atomic E-state index is 12.6. The van der Waals surface area contributed by atoms with Gasteiger partial charge in [0.2, 0.25) is 5.91 Å². The van der Waals surface area contributed by atoms with E-state index in [-0.39, 0.29) is 18.1 Å². The monoisotopic (exact) mass is 512 g/mol. The van der Waals surface area contributed by atoms with Crippen LogP contribution in [0.15, 0.2) is 60.9 Å². The second-order valence-corrected chi connectivity index (χ2v) is 9.23. The number of carbonyl (C=O) groups is 2. The summed E-state index contributed by atoms with van der Waals surface area (Å²) in [4.78, 5) is 35.2. The van der Waals surface area contributed by atoms with Crippen LogP contribution in [0.25, 0.3) is 10.2 Å². The van der Waals surface area contributed by atoms with E-state index < -0.39 is 17.6 Å². The van der Waals surface area contributed by atoms with Crippen LogP contribution in [-0.2, 0) is 17.4 Å². The summed E-state index contributed by atoms with van der Waals surface area (Å²) in [6.45, 7) is 1.55. The Morgan fingerprint density at radius 2 is 1.83 bits per heavy atom. The Morgan fingerprint density at radius 1 is 1.06 bits per heavy atom. The average molecular weight is 513 g/mol. The van der Waals surface area contributed by atoms with Crippen molar-refractivity contribution in [3.05, 3.63) is 76.9 Å². The van der Waals surface area contributed by atoms with Crippen molar-refractivity contribution in [2.45, 2.75) is 19.0 Å². The Hall–Kier alpha value is -3.99. The highest BCUT2D eigenvalue weighted by Gasteiger charge is 2.30. The Kier molecular flexibility index (Phi) is 6.31. The number of nitrogens with zero attached hydrogens (tertiary/aromatic N) is 3. The van der Waals surface area contributed by atoms with E-state index >= 15 is 0 Å². The molecule has 0 radical (unpaired) electrons. The first-order valence-electron chi connectivity index (χ1n) is 11.0. The number of ether oxygens (including phenoxy) is 1. The van der Waals surface area contributed by atoms with E-state index in [0.29, 0.717) is 33.7 Å². The van der Waals surface area contributed by atoms with E-state index in [4.69, 9.17) is 4.74 Å². The average Bonchev–Trinajstić information content (AvgIpc) is 3.24. The number of alkyl halides is 3. The highest BCUT2D eigenvalue weighted by molar-refractivity contribution is 7.21. The summed E-state index contributed by atoms with van der Waals surface area (Å²) in [7, 11) is 0. The lowest BCUT2D eigenvalue weighted by Crippen LogP contribution is -2.41. The molecule has 0 atom stereocenters. The van der Waals surface area contributed by atoms with E-state index in [0.717, 1.165) is 36.3 Å². The van der Waals surface area contributed by atoms with Crippen molar-refractivity contribution in [2.24, 2.45) is 0 Å². The molecule has 1 aromatic carbocycles. The lowest BCUT2D eigenvalue weighted by atomic mass is 10.1. The Bertz CT molecular complexity index is 1420. The Labute approximate surface area is 207 Å². The van der Waals surface area contributed by atoms with Gasteiger partial charge in [-0.15, -0.1) is 11.3 Å². The SMILES string of the molecule is O=C(Cc1ccc(Oc2ccnc3cc(C(=O)N4CCC4)sc23)cc1)Nc1ccc(C(F)(F)F)cn1. The number of hydrogen-bond acceptors (Lipinski definition) is 6. The number of hydrogen-bond donors (Lipinski definition) is 1. The summed E-state index contributed by atoms with van der Waals surface area (Å²) in [5.74, 6) is 0.748. The molecule has 7 nitrogen and oxygen atoms in total. The van der Waals surface area contributed by atoms with Gasteiger partial charge in [0.1, 0.15) is 17.3 Å². The van der Waals surface area contributed by atoms with Gasteiger partial charge in [0.25, 0.3) is 5.91 Å². The molecule has 2 amide bonds. The number of aromatic nitrogens is 2. The van der Waals surface area contributed by atoms with Gasteiger partial charge in [0, 0.05) is 31.5 Å². The van der Waals surface area contributed by atoms with Crippen molar-refractivity contribution >= 4 is 39.2 Å². The highest BCUT2D eigenvalue weighted by atomic mass is 32.1. The molecule has 1 fully saturated rings. The van der Waals surface area contributed by atoms with E-state index in [9.17, 15) is 22.8 Å². The number of halogens is 3. The van der Waals surface area contributed by atoms with Crippen molar-refractivity contribution < 1.29 is 27.5 Å². The fraction of sp³-hybridized carbons (Fsp3) is 0.200. The first-order valence-corrected chi connectivity index (χ1v) is 11.9. The van der Waals surface area contributed by atoms with Gasteiger partial charge >= 0.3 is 6.18 Å². The lowest BCUT2D eigenvalue weighted by Gasteiger charge is -2.30. The quantitative estimate of drug-likeness (QED) is 0.367. The third kappa shape index (κ3) is 5.15. The molecule has 0 aliphatic carbocycles. The van der Waals surface area contributed by atoms with Crippen LogP contribution in [0.3, 0.4) is 0 Å². The summed E-state index contributed by atoms with van der Waals surface area (Å²) < 4.78 is 44.7. The molecular weight excluding hydrogens is 493 g/mol. The third-order valence-corrected chi connectivity index (χ3v) is 6.73. The van der Waals surface area contributed by atoms with Crippen LogP contribution < -0.4 is 10.1 Å². The number of thiophene rings is 1. The molecule has 36 heavy (non-hydrogen) atoms. The molecule has 1 aliphatic heterocycles. The van der Waals surface area contributed by atoms with Gasteiger partial charge < -0.3 is 15.0 Å². The lowest BCUT2D eigenvalue weighted by molar-refractivity contribution is -0.137. The first kappa shape index (κ1) is 23.7. The Balaban J connectivity index is 1.22. The topological polar surface area (TPSA) is 84.4 Å². The molecule has 0 unspecified atom stereocenters. The Morgan fingerprint density at radius 3 is 2.47 bits per heavy atom. The molecule has 0 bridgehead atoms. The first-order chi connectivity index (χ1) is 17.3. The van der Waals surface area contributed by atoms with Gasteiger partial charge in [0.15, 0.2) is 0 Å². The second-order valence-electron chi connectivity index (χ2n) is 8.18. The number of amides is 2. The van der Waals surface area contributed by atoms with Gasteiger partial charge in [-0.1, -0.05) is 12.1 Å². The molecule has 1 N–H and O–H groups in total. The highest BCUT2D eigenvalue weighted by Crippen LogP contribution is 2.36. The van der Waals surface area contributed by atoms with Gasteiger partial charge in [0.05, 0.1) is 27.1 Å². The minimum absolute atomic E-state index is 0.00400. The number of anilines is 1. The molecule has 4 aromatic rings. The normalized spacial score (nSPS) is 13.4. The molecule has 184 valence electrons. The summed E-state index contributed by atoms with van der Waals surface area (Å²) >= 11 is 1.34. The van der Waals surface area contributed by atoms with Crippen molar-refractivity contribution in [1.82, 2.24) is 14.9 Å². The second kappa shape index (κ2) is 9.57. The summed E-state index contributed by atoms with van der Waals surface area (Å²) in [5, 5.41) is 2.49. The molecule has 0 spiro atoms. The molecule has 4 heterocycles. The largest absolute Gasteiger partial charge is 0.456 e. The zero-order chi connectivity index (χ0) is 25.3. The minimum Gasteiger partial charge on any atom is -0.456 e. The number of rotatable bonds is 6. The predicted molar refractivity (Wildman–Crippen MR) is 128 cm³/mol. The predicted octanol–water partition coefficient (Wildman–Crippen LogP) is 5.53. The molecule has 11 heteroatoms. The van der Waals surface area contributed by atoms with Crippen molar-refractivity contribution in [3.8, 4) is 11.5 Å². The van der Waals surface area contributed by atoms with Crippen LogP contribution in [0.4, 0.5) is 19.0 Å². The van der Waals surface area contributed by atoms with Crippen molar-refractivity contribution in [2.75, 3.05) is 18.4 Å². The van der Waals surface area contributed by atoms with Gasteiger partial charge in [-0.25, -0.2) is 4.98 Å².